The fourth-order valence-corrected chi connectivity index (χ4v) is 4.08. The van der Waals surface area contributed by atoms with Crippen LogP contribution in [0.2, 0.25) is 0 Å². The van der Waals surface area contributed by atoms with Gasteiger partial charge in [0.2, 0.25) is 10.0 Å². The summed E-state index contributed by atoms with van der Waals surface area (Å²) in [6, 6.07) is 1.60. The lowest BCUT2D eigenvalue weighted by molar-refractivity contribution is 0.465. The first kappa shape index (κ1) is 15.5. The van der Waals surface area contributed by atoms with Crippen LogP contribution in [0.4, 0.5) is 0 Å². The van der Waals surface area contributed by atoms with Gasteiger partial charge in [0.15, 0.2) is 0 Å². The molecule has 0 aliphatic heterocycles. The lowest BCUT2D eigenvalue weighted by atomic mass is 10.1. The van der Waals surface area contributed by atoms with Gasteiger partial charge in [0, 0.05) is 12.6 Å². The third-order valence-corrected chi connectivity index (χ3v) is 5.45. The molecule has 2 rings (SSSR count). The van der Waals surface area contributed by atoms with Gasteiger partial charge in [-0.2, -0.15) is 0 Å². The van der Waals surface area contributed by atoms with Crippen molar-refractivity contribution in [3.05, 3.63) is 17.6 Å². The monoisotopic (exact) mass is 300 g/mol. The summed E-state index contributed by atoms with van der Waals surface area (Å²) in [4.78, 5) is 0.258. The van der Waals surface area contributed by atoms with Crippen molar-refractivity contribution >= 4 is 10.0 Å². The minimum absolute atomic E-state index is 0.258. The highest BCUT2D eigenvalue weighted by atomic mass is 32.2. The Morgan fingerprint density at radius 1 is 1.35 bits per heavy atom. The zero-order chi connectivity index (χ0) is 14.6. The second-order valence-corrected chi connectivity index (χ2v) is 7.24. The minimum atomic E-state index is -3.45. The number of hydrogen-bond donors (Lipinski definition) is 2. The van der Waals surface area contributed by atoms with Crippen LogP contribution in [-0.2, 0) is 16.6 Å². The van der Waals surface area contributed by atoms with Gasteiger partial charge in [-0.15, -0.1) is 0 Å². The molecule has 0 radical (unpaired) electrons. The van der Waals surface area contributed by atoms with Gasteiger partial charge in [-0.25, -0.2) is 13.1 Å². The molecule has 1 saturated carbocycles. The molecule has 0 saturated heterocycles. The van der Waals surface area contributed by atoms with Gasteiger partial charge in [0.1, 0.15) is 16.4 Å². The first-order chi connectivity index (χ1) is 9.53. The van der Waals surface area contributed by atoms with Crippen LogP contribution in [0, 0.1) is 12.8 Å². The van der Waals surface area contributed by atoms with E-state index in [2.05, 4.69) is 10.0 Å². The van der Waals surface area contributed by atoms with Gasteiger partial charge in [-0.3, -0.25) is 0 Å². The van der Waals surface area contributed by atoms with Gasteiger partial charge >= 0.3 is 0 Å². The molecule has 1 aromatic rings. The molecule has 0 bridgehead atoms. The Morgan fingerprint density at radius 3 is 2.70 bits per heavy atom. The number of hydrogen-bond acceptors (Lipinski definition) is 4. The van der Waals surface area contributed by atoms with E-state index in [0.29, 0.717) is 30.5 Å². The molecule has 20 heavy (non-hydrogen) atoms. The molecule has 0 aromatic carbocycles. The number of nitrogens with one attached hydrogen (secondary N) is 2. The molecule has 5 nitrogen and oxygen atoms in total. The highest BCUT2D eigenvalue weighted by molar-refractivity contribution is 7.89. The molecular formula is C14H24N2O3S. The highest BCUT2D eigenvalue weighted by Gasteiger charge is 2.22. The summed E-state index contributed by atoms with van der Waals surface area (Å²) >= 11 is 0. The summed E-state index contributed by atoms with van der Waals surface area (Å²) in [7, 11) is -1.65. The number of rotatable bonds is 7. The van der Waals surface area contributed by atoms with E-state index in [1.165, 1.54) is 25.7 Å². The Hall–Kier alpha value is -0.850. The van der Waals surface area contributed by atoms with Crippen molar-refractivity contribution in [3.8, 4) is 0 Å². The third-order valence-electron chi connectivity index (χ3n) is 3.88. The Balaban J connectivity index is 1.94. The normalized spacial score (nSPS) is 16.9. The van der Waals surface area contributed by atoms with E-state index in [4.69, 9.17) is 4.42 Å². The van der Waals surface area contributed by atoms with Crippen LogP contribution in [0.1, 0.15) is 43.6 Å². The van der Waals surface area contributed by atoms with Gasteiger partial charge < -0.3 is 9.73 Å². The molecular weight excluding hydrogens is 276 g/mol. The maximum atomic E-state index is 12.3. The quantitative estimate of drug-likeness (QED) is 0.809. The number of furan rings is 1. The van der Waals surface area contributed by atoms with Gasteiger partial charge in [0.05, 0.1) is 6.54 Å². The molecule has 0 spiro atoms. The minimum Gasteiger partial charge on any atom is -0.464 e. The Bertz CT molecular complexity index is 531. The fraction of sp³-hybridized carbons (Fsp3) is 0.714. The third kappa shape index (κ3) is 3.84. The van der Waals surface area contributed by atoms with E-state index in [1.54, 1.807) is 20.0 Å². The highest BCUT2D eigenvalue weighted by Crippen LogP contribution is 2.27. The van der Waals surface area contributed by atoms with Crippen molar-refractivity contribution in [2.45, 2.75) is 50.5 Å². The maximum absolute atomic E-state index is 12.3. The molecule has 6 heteroatoms. The lowest BCUT2D eigenvalue weighted by Gasteiger charge is -2.09. The Morgan fingerprint density at radius 2 is 2.05 bits per heavy atom. The summed E-state index contributed by atoms with van der Waals surface area (Å²) in [6.07, 6.45) is 5.97. The summed E-state index contributed by atoms with van der Waals surface area (Å²) < 4.78 is 32.6. The summed E-state index contributed by atoms with van der Waals surface area (Å²) in [6.45, 7) is 2.72. The Labute approximate surface area is 121 Å². The first-order valence-electron chi connectivity index (χ1n) is 7.26. The number of sulfonamides is 1. The van der Waals surface area contributed by atoms with Crippen molar-refractivity contribution < 1.29 is 12.8 Å². The van der Waals surface area contributed by atoms with Crippen LogP contribution < -0.4 is 10.0 Å². The average molecular weight is 300 g/mol. The standard InChI is InChI=1S/C14H24N2O3S/c1-11-14(9-13(19-11)10-15-2)20(17,18)16-8-7-12-5-3-4-6-12/h9,12,15-16H,3-8,10H2,1-2H3. The number of aryl methyl sites for hydroxylation is 1. The van der Waals surface area contributed by atoms with Crippen molar-refractivity contribution in [3.63, 3.8) is 0 Å². The SMILES string of the molecule is CNCc1cc(S(=O)(=O)NCCC2CCCC2)c(C)o1. The topological polar surface area (TPSA) is 71.3 Å². The smallest absolute Gasteiger partial charge is 0.244 e. The van der Waals surface area contributed by atoms with Crippen LogP contribution in [0.25, 0.3) is 0 Å². The maximum Gasteiger partial charge on any atom is 0.244 e. The molecule has 1 aliphatic rings. The van der Waals surface area contributed by atoms with Crippen LogP contribution in [0.5, 0.6) is 0 Å². The molecule has 0 amide bonds. The van der Waals surface area contributed by atoms with E-state index in [-0.39, 0.29) is 4.90 Å². The van der Waals surface area contributed by atoms with Gasteiger partial charge in [-0.1, -0.05) is 25.7 Å². The van der Waals surface area contributed by atoms with Crippen molar-refractivity contribution in [2.75, 3.05) is 13.6 Å². The fourth-order valence-electron chi connectivity index (χ4n) is 2.83. The predicted molar refractivity (Wildman–Crippen MR) is 78.0 cm³/mol. The van der Waals surface area contributed by atoms with Gasteiger partial charge in [-0.05, 0) is 26.3 Å². The predicted octanol–water partition coefficient (Wildman–Crippen LogP) is 2.17. The lowest BCUT2D eigenvalue weighted by Crippen LogP contribution is -2.26. The Kier molecular flexibility index (Phi) is 5.23. The summed E-state index contributed by atoms with van der Waals surface area (Å²) in [5.41, 5.74) is 0. The van der Waals surface area contributed by atoms with Crippen molar-refractivity contribution in [2.24, 2.45) is 5.92 Å². The van der Waals surface area contributed by atoms with E-state index in [0.717, 1.165) is 6.42 Å². The van der Waals surface area contributed by atoms with E-state index < -0.39 is 10.0 Å². The average Bonchev–Trinajstić information content (AvgIpc) is 2.99. The molecule has 1 aliphatic carbocycles. The molecule has 0 atom stereocenters. The molecule has 0 unspecified atom stereocenters. The molecule has 114 valence electrons. The van der Waals surface area contributed by atoms with Crippen LogP contribution in [-0.4, -0.2) is 22.0 Å². The summed E-state index contributed by atoms with van der Waals surface area (Å²) in [5, 5.41) is 2.95. The van der Waals surface area contributed by atoms with E-state index in [1.807, 2.05) is 0 Å². The molecule has 1 heterocycles. The zero-order valence-corrected chi connectivity index (χ0v) is 13.1. The molecule has 1 aromatic heterocycles. The van der Waals surface area contributed by atoms with E-state index in [9.17, 15) is 8.42 Å². The second-order valence-electron chi connectivity index (χ2n) is 5.50. The van der Waals surface area contributed by atoms with Crippen molar-refractivity contribution in [1.82, 2.24) is 10.0 Å². The first-order valence-corrected chi connectivity index (χ1v) is 8.75. The van der Waals surface area contributed by atoms with Gasteiger partial charge in [0.25, 0.3) is 0 Å². The van der Waals surface area contributed by atoms with Crippen LogP contribution in [0.15, 0.2) is 15.4 Å². The van der Waals surface area contributed by atoms with Crippen molar-refractivity contribution in [1.29, 1.82) is 0 Å². The van der Waals surface area contributed by atoms with Crippen LogP contribution in [0.3, 0.4) is 0 Å². The van der Waals surface area contributed by atoms with E-state index >= 15 is 0 Å². The summed E-state index contributed by atoms with van der Waals surface area (Å²) in [5.74, 6) is 1.77. The zero-order valence-electron chi connectivity index (χ0n) is 12.2. The molecule has 2 N–H and O–H groups in total. The second kappa shape index (κ2) is 6.74. The molecule has 1 fully saturated rings. The van der Waals surface area contributed by atoms with Crippen LogP contribution >= 0.6 is 0 Å². The largest absolute Gasteiger partial charge is 0.464 e.